The van der Waals surface area contributed by atoms with Gasteiger partial charge < -0.3 is 11.1 Å². The van der Waals surface area contributed by atoms with Gasteiger partial charge in [-0.3, -0.25) is 4.79 Å². The zero-order chi connectivity index (χ0) is 24.5. The maximum absolute atomic E-state index is 13.0. The fraction of sp³-hybridized carbons (Fsp3) is 0.174. The van der Waals surface area contributed by atoms with Gasteiger partial charge in [0, 0.05) is 11.8 Å². The molecule has 34 heavy (non-hydrogen) atoms. The van der Waals surface area contributed by atoms with E-state index in [9.17, 15) is 18.0 Å². The maximum atomic E-state index is 13.0. The lowest BCUT2D eigenvalue weighted by molar-refractivity contribution is -0.137. The van der Waals surface area contributed by atoms with Crippen molar-refractivity contribution in [1.82, 2.24) is 25.0 Å². The molecular formula is C23H20F3N7O. The maximum Gasteiger partial charge on any atom is 0.416 e. The highest BCUT2D eigenvalue weighted by molar-refractivity contribution is 5.92. The van der Waals surface area contributed by atoms with Crippen LogP contribution in [0.5, 0.6) is 0 Å². The summed E-state index contributed by atoms with van der Waals surface area (Å²) in [6.07, 6.45) is -1.66. The van der Waals surface area contributed by atoms with E-state index in [-0.39, 0.29) is 11.9 Å². The second-order valence-electron chi connectivity index (χ2n) is 7.71. The minimum absolute atomic E-state index is 0.0237. The number of benzene rings is 1. The zero-order valence-corrected chi connectivity index (χ0v) is 18.2. The number of carbonyl (C=O) groups is 1. The lowest BCUT2D eigenvalue weighted by atomic mass is 10.1. The first-order valence-electron chi connectivity index (χ1n) is 10.2. The molecular weight excluding hydrogens is 447 g/mol. The van der Waals surface area contributed by atoms with Gasteiger partial charge >= 0.3 is 6.18 Å². The summed E-state index contributed by atoms with van der Waals surface area (Å²) in [4.78, 5) is 19.7. The molecule has 1 aromatic carbocycles. The third-order valence-corrected chi connectivity index (χ3v) is 5.16. The molecule has 0 saturated carbocycles. The van der Waals surface area contributed by atoms with Gasteiger partial charge in [0.05, 0.1) is 23.5 Å². The standard InChI is InChI=1S/C23H20F3N7O/c1-13-9-18(29-21(10-13)30-20-11-17(7-8-28-20)23(24,25)26)19-12-33(32-31-19)14(2)15-3-5-16(6-4-15)22(27)34/h3-12,14H,1-2H3,(H2,27,34)(H,28,29,30). The predicted octanol–water partition coefficient (Wildman–Crippen LogP) is 4.51. The molecule has 3 N–H and O–H groups in total. The summed E-state index contributed by atoms with van der Waals surface area (Å²) in [5.41, 5.74) is 7.60. The largest absolute Gasteiger partial charge is 0.416 e. The Morgan fingerprint density at radius 2 is 1.79 bits per heavy atom. The molecule has 0 fully saturated rings. The molecule has 174 valence electrons. The molecule has 0 saturated heterocycles. The number of carbonyl (C=O) groups excluding carboxylic acids is 1. The monoisotopic (exact) mass is 467 g/mol. The normalized spacial score (nSPS) is 12.4. The highest BCUT2D eigenvalue weighted by Gasteiger charge is 2.30. The van der Waals surface area contributed by atoms with E-state index >= 15 is 0 Å². The van der Waals surface area contributed by atoms with Crippen molar-refractivity contribution in [3.8, 4) is 11.4 Å². The second kappa shape index (κ2) is 8.93. The van der Waals surface area contributed by atoms with Crippen LogP contribution in [0.4, 0.5) is 24.8 Å². The molecule has 11 heteroatoms. The van der Waals surface area contributed by atoms with Gasteiger partial charge in [0.2, 0.25) is 5.91 Å². The average molecular weight is 467 g/mol. The van der Waals surface area contributed by atoms with Crippen LogP contribution in [0.1, 0.15) is 40.0 Å². The zero-order valence-electron chi connectivity index (χ0n) is 18.2. The third-order valence-electron chi connectivity index (χ3n) is 5.16. The number of nitrogens with one attached hydrogen (secondary N) is 1. The van der Waals surface area contributed by atoms with Gasteiger partial charge in [-0.05, 0) is 61.4 Å². The highest BCUT2D eigenvalue weighted by Crippen LogP contribution is 2.31. The van der Waals surface area contributed by atoms with Crippen LogP contribution in [0.3, 0.4) is 0 Å². The fourth-order valence-electron chi connectivity index (χ4n) is 3.33. The first kappa shape index (κ1) is 22.9. The van der Waals surface area contributed by atoms with Crippen molar-refractivity contribution in [2.75, 3.05) is 5.32 Å². The smallest absolute Gasteiger partial charge is 0.366 e. The molecule has 0 radical (unpaired) electrons. The molecule has 1 amide bonds. The Labute approximate surface area is 192 Å². The number of hydrogen-bond acceptors (Lipinski definition) is 6. The number of aryl methyl sites for hydroxylation is 1. The van der Waals surface area contributed by atoms with E-state index in [2.05, 4.69) is 25.6 Å². The Kier molecular flexibility index (Phi) is 6.01. The predicted molar refractivity (Wildman–Crippen MR) is 119 cm³/mol. The summed E-state index contributed by atoms with van der Waals surface area (Å²) >= 11 is 0. The van der Waals surface area contributed by atoms with E-state index in [0.717, 1.165) is 29.5 Å². The second-order valence-corrected chi connectivity index (χ2v) is 7.71. The van der Waals surface area contributed by atoms with Crippen LogP contribution in [0.25, 0.3) is 11.4 Å². The van der Waals surface area contributed by atoms with Crippen molar-refractivity contribution in [3.05, 3.63) is 83.2 Å². The summed E-state index contributed by atoms with van der Waals surface area (Å²) in [7, 11) is 0. The number of hydrogen-bond donors (Lipinski definition) is 2. The molecule has 4 aromatic rings. The van der Waals surface area contributed by atoms with Gasteiger partial charge in [0.1, 0.15) is 17.3 Å². The Morgan fingerprint density at radius 3 is 2.47 bits per heavy atom. The molecule has 1 unspecified atom stereocenters. The van der Waals surface area contributed by atoms with Crippen molar-refractivity contribution < 1.29 is 18.0 Å². The molecule has 0 bridgehead atoms. The molecule has 4 rings (SSSR count). The van der Waals surface area contributed by atoms with E-state index < -0.39 is 17.6 Å². The van der Waals surface area contributed by atoms with Crippen molar-refractivity contribution in [2.24, 2.45) is 5.73 Å². The topological polar surface area (TPSA) is 112 Å². The Morgan fingerprint density at radius 1 is 1.06 bits per heavy atom. The number of nitrogens with two attached hydrogens (primary N) is 1. The molecule has 0 spiro atoms. The Bertz CT molecular complexity index is 1330. The van der Waals surface area contributed by atoms with Crippen molar-refractivity contribution in [1.29, 1.82) is 0 Å². The van der Waals surface area contributed by atoms with Gasteiger partial charge in [-0.15, -0.1) is 5.10 Å². The van der Waals surface area contributed by atoms with Crippen LogP contribution in [-0.2, 0) is 6.18 Å². The minimum atomic E-state index is -4.47. The summed E-state index contributed by atoms with van der Waals surface area (Å²) in [6, 6.07) is 12.0. The number of pyridine rings is 2. The fourth-order valence-corrected chi connectivity index (χ4v) is 3.33. The third kappa shape index (κ3) is 5.03. The lowest BCUT2D eigenvalue weighted by Crippen LogP contribution is -2.12. The van der Waals surface area contributed by atoms with Crippen LogP contribution >= 0.6 is 0 Å². The van der Waals surface area contributed by atoms with E-state index in [4.69, 9.17) is 5.73 Å². The molecule has 0 aliphatic heterocycles. The van der Waals surface area contributed by atoms with Gasteiger partial charge in [-0.2, -0.15) is 13.2 Å². The van der Waals surface area contributed by atoms with Gasteiger partial charge in [-0.1, -0.05) is 17.3 Å². The number of rotatable bonds is 6. The SMILES string of the molecule is Cc1cc(Nc2cc(C(F)(F)F)ccn2)nc(-c2cn(C(C)c3ccc(C(N)=O)cc3)nn2)c1. The Balaban J connectivity index is 1.57. The molecule has 0 aliphatic carbocycles. The summed E-state index contributed by atoms with van der Waals surface area (Å²) in [6.45, 7) is 3.76. The highest BCUT2D eigenvalue weighted by atomic mass is 19.4. The van der Waals surface area contributed by atoms with Crippen LogP contribution in [0, 0.1) is 6.92 Å². The van der Waals surface area contributed by atoms with Crippen LogP contribution in [0.2, 0.25) is 0 Å². The van der Waals surface area contributed by atoms with Gasteiger partial charge in [0.25, 0.3) is 0 Å². The van der Waals surface area contributed by atoms with Crippen LogP contribution in [-0.4, -0.2) is 30.9 Å². The first-order chi connectivity index (χ1) is 16.1. The van der Waals surface area contributed by atoms with E-state index in [1.807, 2.05) is 13.8 Å². The van der Waals surface area contributed by atoms with E-state index in [1.165, 1.54) is 0 Å². The number of aromatic nitrogens is 5. The number of primary amides is 1. The molecule has 0 aliphatic rings. The van der Waals surface area contributed by atoms with Crippen molar-refractivity contribution in [2.45, 2.75) is 26.1 Å². The van der Waals surface area contributed by atoms with Gasteiger partial charge in [0.15, 0.2) is 0 Å². The molecule has 1 atom stereocenters. The van der Waals surface area contributed by atoms with Gasteiger partial charge in [-0.25, -0.2) is 14.6 Å². The van der Waals surface area contributed by atoms with Crippen LogP contribution in [0.15, 0.2) is 60.9 Å². The summed E-state index contributed by atoms with van der Waals surface area (Å²) in [5, 5.41) is 11.2. The molecule has 3 heterocycles. The minimum Gasteiger partial charge on any atom is -0.366 e. The van der Waals surface area contributed by atoms with Crippen LogP contribution < -0.4 is 11.1 Å². The molecule has 8 nitrogen and oxygen atoms in total. The number of halogens is 3. The average Bonchev–Trinajstić information content (AvgIpc) is 3.28. The molecule has 3 aromatic heterocycles. The first-order valence-corrected chi connectivity index (χ1v) is 10.2. The van der Waals surface area contributed by atoms with Crippen molar-refractivity contribution in [3.63, 3.8) is 0 Å². The number of nitrogens with zero attached hydrogens (tertiary/aromatic N) is 5. The number of alkyl halides is 3. The summed E-state index contributed by atoms with van der Waals surface area (Å²) in [5.74, 6) is -0.153. The summed E-state index contributed by atoms with van der Waals surface area (Å²) < 4.78 is 40.6. The lowest BCUT2D eigenvalue weighted by Gasteiger charge is -2.12. The van der Waals surface area contributed by atoms with E-state index in [1.54, 1.807) is 47.3 Å². The quantitative estimate of drug-likeness (QED) is 0.431. The number of amides is 1. The number of anilines is 2. The van der Waals surface area contributed by atoms with Crippen molar-refractivity contribution >= 4 is 17.5 Å². The Hall–Kier alpha value is -4.28. The van der Waals surface area contributed by atoms with E-state index in [0.29, 0.717) is 22.8 Å².